The fourth-order valence-corrected chi connectivity index (χ4v) is 2.54. The number of nitrogens with zero attached hydrogens (tertiary/aromatic N) is 2. The van der Waals surface area contributed by atoms with Crippen molar-refractivity contribution in [3.63, 3.8) is 0 Å². The highest BCUT2D eigenvalue weighted by molar-refractivity contribution is 5.94. The number of carbonyl (C=O) groups is 2. The molecule has 114 valence electrons. The van der Waals surface area contributed by atoms with Crippen LogP contribution in [-0.4, -0.2) is 35.0 Å². The first-order valence-corrected chi connectivity index (χ1v) is 7.64. The number of amides is 2. The van der Waals surface area contributed by atoms with Crippen LogP contribution >= 0.6 is 0 Å². The smallest absolute Gasteiger partial charge is 0.245 e. The summed E-state index contributed by atoms with van der Waals surface area (Å²) < 4.78 is 4.91. The lowest BCUT2D eigenvalue weighted by molar-refractivity contribution is -0.141. The van der Waals surface area contributed by atoms with Crippen molar-refractivity contribution in [2.24, 2.45) is 11.8 Å². The van der Waals surface area contributed by atoms with Gasteiger partial charge in [0, 0.05) is 18.5 Å². The molecule has 21 heavy (non-hydrogen) atoms. The first kappa shape index (κ1) is 14.1. The van der Waals surface area contributed by atoms with Crippen LogP contribution in [0.1, 0.15) is 37.9 Å². The number of nitrogens with one attached hydrogen (secondary N) is 1. The van der Waals surface area contributed by atoms with E-state index in [0.29, 0.717) is 24.0 Å². The molecule has 0 spiro atoms. The highest BCUT2D eigenvalue weighted by Crippen LogP contribution is 2.33. The van der Waals surface area contributed by atoms with Gasteiger partial charge in [-0.1, -0.05) is 11.6 Å². The maximum atomic E-state index is 12.4. The molecule has 0 bridgehead atoms. The summed E-state index contributed by atoms with van der Waals surface area (Å²) in [5.41, 5.74) is 0. The normalized spacial score (nSPS) is 18.1. The quantitative estimate of drug-likeness (QED) is 0.869. The zero-order valence-electron chi connectivity index (χ0n) is 12.3. The van der Waals surface area contributed by atoms with Gasteiger partial charge in [0.05, 0.1) is 6.54 Å². The van der Waals surface area contributed by atoms with E-state index in [1.165, 1.54) is 12.8 Å². The lowest BCUT2D eigenvalue weighted by Gasteiger charge is -2.31. The molecule has 1 aromatic rings. The lowest BCUT2D eigenvalue weighted by atomic mass is 9.84. The first-order chi connectivity index (χ1) is 10.1. The van der Waals surface area contributed by atoms with E-state index in [-0.39, 0.29) is 24.3 Å². The molecule has 0 atom stereocenters. The summed E-state index contributed by atoms with van der Waals surface area (Å²) in [6, 6.07) is 1.66. The summed E-state index contributed by atoms with van der Waals surface area (Å²) in [5.74, 6) is 1.68. The SMILES string of the molecule is Cc1cc(NC(=O)CN(CC2CC2)C(=O)C2CCC2)no1. The van der Waals surface area contributed by atoms with Gasteiger partial charge in [-0.2, -0.15) is 0 Å². The van der Waals surface area contributed by atoms with Gasteiger partial charge in [0.1, 0.15) is 5.76 Å². The summed E-state index contributed by atoms with van der Waals surface area (Å²) in [6.07, 6.45) is 5.38. The van der Waals surface area contributed by atoms with Crippen LogP contribution in [-0.2, 0) is 9.59 Å². The molecule has 0 saturated heterocycles. The van der Waals surface area contributed by atoms with Gasteiger partial charge in [-0.15, -0.1) is 0 Å². The molecule has 0 radical (unpaired) electrons. The van der Waals surface area contributed by atoms with Gasteiger partial charge >= 0.3 is 0 Å². The third-order valence-electron chi connectivity index (χ3n) is 4.17. The van der Waals surface area contributed by atoms with Crippen LogP contribution in [0.4, 0.5) is 5.82 Å². The van der Waals surface area contributed by atoms with Crippen LogP contribution < -0.4 is 5.32 Å². The minimum absolute atomic E-state index is 0.109. The molecule has 2 fully saturated rings. The summed E-state index contributed by atoms with van der Waals surface area (Å²) in [5, 5.41) is 6.41. The van der Waals surface area contributed by atoms with E-state index in [1.807, 2.05) is 0 Å². The Morgan fingerprint density at radius 2 is 2.14 bits per heavy atom. The van der Waals surface area contributed by atoms with E-state index in [2.05, 4.69) is 10.5 Å². The van der Waals surface area contributed by atoms with Crippen molar-refractivity contribution in [1.29, 1.82) is 0 Å². The van der Waals surface area contributed by atoms with Crippen molar-refractivity contribution in [2.75, 3.05) is 18.4 Å². The number of aromatic nitrogens is 1. The van der Waals surface area contributed by atoms with Crippen molar-refractivity contribution < 1.29 is 14.1 Å². The highest BCUT2D eigenvalue weighted by atomic mass is 16.5. The molecule has 0 unspecified atom stereocenters. The van der Waals surface area contributed by atoms with E-state index in [1.54, 1.807) is 17.9 Å². The monoisotopic (exact) mass is 291 g/mol. The van der Waals surface area contributed by atoms with E-state index >= 15 is 0 Å². The Morgan fingerprint density at radius 1 is 1.38 bits per heavy atom. The van der Waals surface area contributed by atoms with E-state index in [9.17, 15) is 9.59 Å². The molecule has 1 N–H and O–H groups in total. The van der Waals surface area contributed by atoms with Crippen molar-refractivity contribution in [3.8, 4) is 0 Å². The van der Waals surface area contributed by atoms with Gasteiger partial charge in [0.25, 0.3) is 0 Å². The molecule has 6 nitrogen and oxygen atoms in total. The van der Waals surface area contributed by atoms with Crippen LogP contribution in [0.2, 0.25) is 0 Å². The lowest BCUT2D eigenvalue weighted by Crippen LogP contribution is -2.44. The molecule has 0 aromatic carbocycles. The third-order valence-corrected chi connectivity index (χ3v) is 4.17. The van der Waals surface area contributed by atoms with Gasteiger partial charge in [-0.25, -0.2) is 0 Å². The average Bonchev–Trinajstić information content (AvgIpc) is 3.09. The van der Waals surface area contributed by atoms with Gasteiger partial charge in [-0.3, -0.25) is 9.59 Å². The van der Waals surface area contributed by atoms with Gasteiger partial charge < -0.3 is 14.7 Å². The maximum absolute atomic E-state index is 12.4. The summed E-state index contributed by atoms with van der Waals surface area (Å²) in [7, 11) is 0. The Kier molecular flexibility index (Phi) is 3.94. The molecule has 2 aliphatic carbocycles. The predicted octanol–water partition coefficient (Wildman–Crippen LogP) is 1.96. The van der Waals surface area contributed by atoms with Gasteiger partial charge in [0.2, 0.25) is 11.8 Å². The number of hydrogen-bond acceptors (Lipinski definition) is 4. The van der Waals surface area contributed by atoms with Gasteiger partial charge in [0.15, 0.2) is 5.82 Å². The molecule has 2 aliphatic rings. The van der Waals surface area contributed by atoms with E-state index in [4.69, 9.17) is 4.52 Å². The Labute approximate surface area is 123 Å². The second-order valence-corrected chi connectivity index (χ2v) is 6.16. The molecule has 3 rings (SSSR count). The molecule has 0 aliphatic heterocycles. The Morgan fingerprint density at radius 3 is 2.67 bits per heavy atom. The van der Waals surface area contributed by atoms with E-state index in [0.717, 1.165) is 19.3 Å². The average molecular weight is 291 g/mol. The molecule has 6 heteroatoms. The van der Waals surface area contributed by atoms with Crippen LogP contribution in [0.25, 0.3) is 0 Å². The zero-order chi connectivity index (χ0) is 14.8. The first-order valence-electron chi connectivity index (χ1n) is 7.64. The van der Waals surface area contributed by atoms with E-state index < -0.39 is 0 Å². The predicted molar refractivity (Wildman–Crippen MR) is 76.5 cm³/mol. The van der Waals surface area contributed by atoms with Crippen molar-refractivity contribution in [3.05, 3.63) is 11.8 Å². The summed E-state index contributed by atoms with van der Waals surface area (Å²) in [4.78, 5) is 26.2. The minimum Gasteiger partial charge on any atom is -0.360 e. The fraction of sp³-hybridized carbons (Fsp3) is 0.667. The van der Waals surface area contributed by atoms with Crippen LogP contribution in [0, 0.1) is 18.8 Å². The largest absolute Gasteiger partial charge is 0.360 e. The molecule has 2 amide bonds. The van der Waals surface area contributed by atoms with Crippen LogP contribution in [0.5, 0.6) is 0 Å². The molecule has 1 aromatic heterocycles. The maximum Gasteiger partial charge on any atom is 0.245 e. The minimum atomic E-state index is -0.211. The third kappa shape index (κ3) is 3.62. The molecule has 1 heterocycles. The topological polar surface area (TPSA) is 75.4 Å². The van der Waals surface area contributed by atoms with Crippen LogP contribution in [0.15, 0.2) is 10.6 Å². The molecular formula is C15H21N3O3. The fourth-order valence-electron chi connectivity index (χ4n) is 2.54. The van der Waals surface area contributed by atoms with Gasteiger partial charge in [-0.05, 0) is 38.5 Å². The number of aryl methyl sites for hydroxylation is 1. The van der Waals surface area contributed by atoms with Crippen molar-refractivity contribution in [1.82, 2.24) is 10.1 Å². The standard InChI is InChI=1S/C15H21N3O3/c1-10-7-13(17-21-10)16-14(19)9-18(8-11-5-6-11)15(20)12-3-2-4-12/h7,11-12H,2-6,8-9H2,1H3,(H,16,17,19). The summed E-state index contributed by atoms with van der Waals surface area (Å²) in [6.45, 7) is 2.58. The number of carbonyl (C=O) groups excluding carboxylic acids is 2. The zero-order valence-corrected chi connectivity index (χ0v) is 12.3. The Balaban J connectivity index is 1.57. The Bertz CT molecular complexity index is 532. The second-order valence-electron chi connectivity index (χ2n) is 6.16. The second kappa shape index (κ2) is 5.87. The summed E-state index contributed by atoms with van der Waals surface area (Å²) >= 11 is 0. The number of rotatable bonds is 6. The molecular weight excluding hydrogens is 270 g/mol. The number of anilines is 1. The Hall–Kier alpha value is -1.85. The number of hydrogen-bond donors (Lipinski definition) is 1. The van der Waals surface area contributed by atoms with Crippen LogP contribution in [0.3, 0.4) is 0 Å². The van der Waals surface area contributed by atoms with Crippen molar-refractivity contribution >= 4 is 17.6 Å². The highest BCUT2D eigenvalue weighted by Gasteiger charge is 2.33. The molecule has 2 saturated carbocycles. The van der Waals surface area contributed by atoms with Crippen molar-refractivity contribution in [2.45, 2.75) is 39.0 Å².